The first-order valence-corrected chi connectivity index (χ1v) is 8.36. The first-order valence-electron chi connectivity index (χ1n) is 8.36. The maximum Gasteiger partial charge on any atom is 0.345 e. The maximum atomic E-state index is 13.6. The molecule has 0 bridgehead atoms. The lowest BCUT2D eigenvalue weighted by Gasteiger charge is -2.11. The van der Waals surface area contributed by atoms with E-state index in [-0.39, 0.29) is 23.7 Å². The molecule has 0 saturated heterocycles. The summed E-state index contributed by atoms with van der Waals surface area (Å²) < 4.78 is 34.3. The summed E-state index contributed by atoms with van der Waals surface area (Å²) >= 11 is 0. The normalized spacial score (nSPS) is 10.4. The highest BCUT2D eigenvalue weighted by Gasteiger charge is 2.25. The van der Waals surface area contributed by atoms with Crippen molar-refractivity contribution in [2.24, 2.45) is 0 Å². The number of halogens is 1. The molecule has 8 heteroatoms. The molecule has 0 radical (unpaired) electrons. The molecule has 146 valence electrons. The minimum Gasteiger partial charge on any atom is -0.497 e. The van der Waals surface area contributed by atoms with Gasteiger partial charge in [-0.3, -0.25) is 0 Å². The van der Waals surface area contributed by atoms with Gasteiger partial charge in [0.1, 0.15) is 23.0 Å². The van der Waals surface area contributed by atoms with Crippen molar-refractivity contribution < 1.29 is 27.9 Å². The van der Waals surface area contributed by atoms with E-state index in [9.17, 15) is 9.18 Å². The summed E-state index contributed by atoms with van der Waals surface area (Å²) in [5.74, 6) is 0.280. The third kappa shape index (κ3) is 3.90. The quantitative estimate of drug-likeness (QED) is 0.617. The highest BCUT2D eigenvalue weighted by atomic mass is 19.1. The summed E-state index contributed by atoms with van der Waals surface area (Å²) in [5, 5.41) is 6.94. The molecule has 2 aromatic carbocycles. The minimum atomic E-state index is -0.648. The van der Waals surface area contributed by atoms with Crippen molar-refractivity contribution in [2.75, 3.05) is 26.6 Å². The number of rotatable bonds is 7. The average molecular weight is 386 g/mol. The van der Waals surface area contributed by atoms with Crippen molar-refractivity contribution in [3.63, 3.8) is 0 Å². The van der Waals surface area contributed by atoms with Crippen LogP contribution in [0.2, 0.25) is 0 Å². The molecule has 0 aliphatic rings. The van der Waals surface area contributed by atoms with Crippen LogP contribution in [0.1, 0.15) is 15.9 Å². The molecule has 3 aromatic rings. The zero-order valence-electron chi connectivity index (χ0n) is 15.6. The summed E-state index contributed by atoms with van der Waals surface area (Å²) in [6, 6.07) is 11.1. The molecule has 1 aromatic heterocycles. The van der Waals surface area contributed by atoms with Crippen LogP contribution < -0.4 is 14.8 Å². The van der Waals surface area contributed by atoms with Crippen molar-refractivity contribution in [3.8, 4) is 22.8 Å². The first kappa shape index (κ1) is 19.2. The number of esters is 1. The third-order valence-electron chi connectivity index (χ3n) is 4.11. The number of methoxy groups -OCH3 is 3. The fraction of sp³-hybridized carbons (Fsp3) is 0.200. The molecule has 1 heterocycles. The molecule has 0 spiro atoms. The zero-order valence-corrected chi connectivity index (χ0v) is 15.6. The van der Waals surface area contributed by atoms with Crippen LogP contribution in [0, 0.1) is 5.82 Å². The summed E-state index contributed by atoms with van der Waals surface area (Å²) in [6.45, 7) is 0.287. The van der Waals surface area contributed by atoms with Crippen LogP contribution in [0.25, 0.3) is 11.3 Å². The summed E-state index contributed by atoms with van der Waals surface area (Å²) in [4.78, 5) is 12.3. The number of benzene rings is 2. The van der Waals surface area contributed by atoms with Gasteiger partial charge in [0, 0.05) is 23.7 Å². The number of anilines is 1. The fourth-order valence-electron chi connectivity index (χ4n) is 2.71. The van der Waals surface area contributed by atoms with Gasteiger partial charge >= 0.3 is 5.97 Å². The van der Waals surface area contributed by atoms with Crippen molar-refractivity contribution in [3.05, 3.63) is 59.4 Å². The van der Waals surface area contributed by atoms with Crippen LogP contribution in [-0.2, 0) is 11.3 Å². The molecule has 1 N–H and O–H groups in total. The molecule has 0 aliphatic carbocycles. The summed E-state index contributed by atoms with van der Waals surface area (Å²) in [6.07, 6.45) is 0. The third-order valence-corrected chi connectivity index (χ3v) is 4.11. The van der Waals surface area contributed by atoms with Crippen molar-refractivity contribution >= 4 is 11.9 Å². The van der Waals surface area contributed by atoms with E-state index in [1.165, 1.54) is 25.3 Å². The van der Waals surface area contributed by atoms with Gasteiger partial charge in [-0.25, -0.2) is 9.18 Å². The minimum absolute atomic E-state index is 0.0839. The molecule has 28 heavy (non-hydrogen) atoms. The number of nitrogens with one attached hydrogen (secondary N) is 1. The average Bonchev–Trinajstić information content (AvgIpc) is 3.15. The molecule has 0 amide bonds. The topological polar surface area (TPSA) is 82.8 Å². The lowest BCUT2D eigenvalue weighted by Crippen LogP contribution is -2.08. The molecular formula is C20H19FN2O5. The summed E-state index contributed by atoms with van der Waals surface area (Å²) in [7, 11) is 4.37. The Balaban J connectivity index is 1.92. The Morgan fingerprint density at radius 2 is 1.96 bits per heavy atom. The van der Waals surface area contributed by atoms with E-state index in [1.54, 1.807) is 32.4 Å². The highest BCUT2D eigenvalue weighted by molar-refractivity contribution is 6.00. The number of carbonyl (C=O) groups excluding carboxylic acids is 1. The Hall–Kier alpha value is -3.55. The number of nitrogens with zero attached hydrogens (tertiary/aromatic N) is 1. The molecule has 0 atom stereocenters. The monoisotopic (exact) mass is 386 g/mol. The van der Waals surface area contributed by atoms with Gasteiger partial charge in [0.2, 0.25) is 5.88 Å². The van der Waals surface area contributed by atoms with Gasteiger partial charge in [0.15, 0.2) is 5.56 Å². The van der Waals surface area contributed by atoms with Gasteiger partial charge in [0.25, 0.3) is 0 Å². The van der Waals surface area contributed by atoms with Crippen LogP contribution in [0.15, 0.2) is 47.0 Å². The molecule has 0 saturated carbocycles. The second-order valence-electron chi connectivity index (χ2n) is 5.77. The number of ether oxygens (including phenoxy) is 3. The Morgan fingerprint density at radius 3 is 2.64 bits per heavy atom. The van der Waals surface area contributed by atoms with Crippen molar-refractivity contribution in [2.45, 2.75) is 6.54 Å². The highest BCUT2D eigenvalue weighted by Crippen LogP contribution is 2.31. The molecule has 7 nitrogen and oxygen atoms in total. The smallest absolute Gasteiger partial charge is 0.345 e. The Kier molecular flexibility index (Phi) is 5.78. The van der Waals surface area contributed by atoms with Crippen LogP contribution in [-0.4, -0.2) is 32.5 Å². The predicted octanol–water partition coefficient (Wildman–Crippen LogP) is 3.90. The standard InChI is InChI=1S/C20H19FN2O5/c1-25-15-8-7-13(16(10-15)26-2)11-22-19-17(20(24)27-3)18(23-28-19)12-5-4-6-14(21)9-12/h4-10,22H,11H2,1-3H3. The Bertz CT molecular complexity index is 986. The van der Waals surface area contributed by atoms with Gasteiger partial charge < -0.3 is 24.1 Å². The van der Waals surface area contributed by atoms with Gasteiger partial charge in [-0.1, -0.05) is 17.3 Å². The largest absolute Gasteiger partial charge is 0.497 e. The number of aromatic nitrogens is 1. The van der Waals surface area contributed by atoms with Gasteiger partial charge in [-0.2, -0.15) is 0 Å². The summed E-state index contributed by atoms with van der Waals surface area (Å²) in [5.41, 5.74) is 1.48. The lowest BCUT2D eigenvalue weighted by molar-refractivity contribution is 0.0602. The number of carbonyl (C=O) groups is 1. The van der Waals surface area contributed by atoms with Crippen LogP contribution >= 0.6 is 0 Å². The van der Waals surface area contributed by atoms with Gasteiger partial charge in [-0.05, 0) is 24.3 Å². The lowest BCUT2D eigenvalue weighted by atomic mass is 10.1. The van der Waals surface area contributed by atoms with E-state index in [2.05, 4.69) is 10.5 Å². The van der Waals surface area contributed by atoms with Crippen LogP contribution in [0.5, 0.6) is 11.5 Å². The molecule has 3 rings (SSSR count). The van der Waals surface area contributed by atoms with Crippen LogP contribution in [0.3, 0.4) is 0 Å². The Labute approximate surface area is 161 Å². The van der Waals surface area contributed by atoms with Gasteiger partial charge in [-0.15, -0.1) is 0 Å². The molecular weight excluding hydrogens is 367 g/mol. The van der Waals surface area contributed by atoms with E-state index in [0.717, 1.165) is 5.56 Å². The van der Waals surface area contributed by atoms with E-state index >= 15 is 0 Å². The van der Waals surface area contributed by atoms with Crippen molar-refractivity contribution in [1.82, 2.24) is 5.16 Å². The van der Waals surface area contributed by atoms with Crippen LogP contribution in [0.4, 0.5) is 10.3 Å². The Morgan fingerprint density at radius 1 is 1.14 bits per heavy atom. The van der Waals surface area contributed by atoms with E-state index in [4.69, 9.17) is 18.7 Å². The first-order chi connectivity index (χ1) is 13.6. The predicted molar refractivity (Wildman–Crippen MR) is 100 cm³/mol. The maximum absolute atomic E-state index is 13.6. The fourth-order valence-corrected chi connectivity index (χ4v) is 2.71. The second-order valence-corrected chi connectivity index (χ2v) is 5.77. The van der Waals surface area contributed by atoms with E-state index in [1.807, 2.05) is 6.07 Å². The number of hydrogen-bond donors (Lipinski definition) is 1. The molecule has 0 fully saturated rings. The number of hydrogen-bond acceptors (Lipinski definition) is 7. The van der Waals surface area contributed by atoms with E-state index < -0.39 is 11.8 Å². The second kappa shape index (κ2) is 8.43. The molecule has 0 unspecified atom stereocenters. The van der Waals surface area contributed by atoms with Gasteiger partial charge in [0.05, 0.1) is 21.3 Å². The zero-order chi connectivity index (χ0) is 20.1. The molecule has 0 aliphatic heterocycles. The van der Waals surface area contributed by atoms with E-state index in [0.29, 0.717) is 17.1 Å². The SMILES string of the molecule is COC(=O)c1c(-c2cccc(F)c2)noc1NCc1ccc(OC)cc1OC. The van der Waals surface area contributed by atoms with Crippen molar-refractivity contribution in [1.29, 1.82) is 0 Å².